The highest BCUT2D eigenvalue weighted by atomic mass is 79.9. The van der Waals surface area contributed by atoms with Gasteiger partial charge in [0.1, 0.15) is 5.69 Å². The largest absolute Gasteiger partial charge is 0.415 e. The summed E-state index contributed by atoms with van der Waals surface area (Å²) in [6.45, 7) is 1.92. The number of benzene rings is 1. The Morgan fingerprint density at radius 1 is 1.17 bits per heavy atom. The van der Waals surface area contributed by atoms with Crippen molar-refractivity contribution in [2.75, 3.05) is 0 Å². The number of hydrogen-bond acceptors (Lipinski definition) is 4. The summed E-state index contributed by atoms with van der Waals surface area (Å²) < 4.78 is 6.57. The lowest BCUT2D eigenvalue weighted by atomic mass is 10.2. The Kier molecular flexibility index (Phi) is 2.71. The van der Waals surface area contributed by atoms with E-state index in [9.17, 15) is 0 Å². The van der Waals surface area contributed by atoms with E-state index in [-0.39, 0.29) is 0 Å². The first kappa shape index (κ1) is 11.2. The fourth-order valence-electron chi connectivity index (χ4n) is 1.59. The summed E-state index contributed by atoms with van der Waals surface area (Å²) in [6, 6.07) is 9.56. The standard InChI is InChI=1S/C12H9BrN4O/c1-7-5-10(15-14-7)12-17-16-11(18-12)8-3-2-4-9(13)6-8/h2-6H,1H3,(H,14,15). The first-order valence-electron chi connectivity index (χ1n) is 5.34. The van der Waals surface area contributed by atoms with Crippen molar-refractivity contribution >= 4 is 15.9 Å². The van der Waals surface area contributed by atoms with Crippen LogP contribution in [0.15, 0.2) is 39.2 Å². The summed E-state index contributed by atoms with van der Waals surface area (Å²) in [7, 11) is 0. The Labute approximate surface area is 111 Å². The van der Waals surface area contributed by atoms with E-state index in [1.165, 1.54) is 0 Å². The van der Waals surface area contributed by atoms with Gasteiger partial charge < -0.3 is 4.42 Å². The molecule has 2 heterocycles. The van der Waals surface area contributed by atoms with Gasteiger partial charge in [-0.1, -0.05) is 22.0 Å². The maximum Gasteiger partial charge on any atom is 0.268 e. The second-order valence-corrected chi connectivity index (χ2v) is 4.77. The van der Waals surface area contributed by atoms with Crippen LogP contribution in [0.5, 0.6) is 0 Å². The molecular formula is C12H9BrN4O. The van der Waals surface area contributed by atoms with Crippen molar-refractivity contribution in [3.05, 3.63) is 40.5 Å². The predicted molar refractivity (Wildman–Crippen MR) is 69.8 cm³/mol. The molecule has 3 aromatic rings. The molecule has 0 spiro atoms. The van der Waals surface area contributed by atoms with E-state index >= 15 is 0 Å². The van der Waals surface area contributed by atoms with E-state index < -0.39 is 0 Å². The van der Waals surface area contributed by atoms with Crippen LogP contribution in [-0.4, -0.2) is 20.4 Å². The third-order valence-corrected chi connectivity index (χ3v) is 2.91. The molecule has 2 aromatic heterocycles. The molecule has 90 valence electrons. The van der Waals surface area contributed by atoms with Gasteiger partial charge in [0, 0.05) is 15.7 Å². The van der Waals surface area contributed by atoms with Crippen molar-refractivity contribution in [3.63, 3.8) is 0 Å². The predicted octanol–water partition coefficient (Wildman–Crippen LogP) is 3.20. The third kappa shape index (κ3) is 2.06. The van der Waals surface area contributed by atoms with Gasteiger partial charge in [-0.25, -0.2) is 0 Å². The van der Waals surface area contributed by atoms with E-state index in [0.29, 0.717) is 17.5 Å². The second-order valence-electron chi connectivity index (χ2n) is 3.86. The van der Waals surface area contributed by atoms with Crippen LogP contribution in [0.1, 0.15) is 5.69 Å². The number of aromatic nitrogens is 4. The van der Waals surface area contributed by atoms with Crippen molar-refractivity contribution in [1.82, 2.24) is 20.4 Å². The van der Waals surface area contributed by atoms with Crippen LogP contribution in [0.3, 0.4) is 0 Å². The fourth-order valence-corrected chi connectivity index (χ4v) is 1.99. The summed E-state index contributed by atoms with van der Waals surface area (Å²) in [5, 5.41) is 14.9. The molecule has 0 atom stereocenters. The summed E-state index contributed by atoms with van der Waals surface area (Å²) in [4.78, 5) is 0. The molecule has 6 heteroatoms. The molecule has 0 saturated carbocycles. The van der Waals surface area contributed by atoms with Crippen molar-refractivity contribution in [3.8, 4) is 23.0 Å². The fraction of sp³-hybridized carbons (Fsp3) is 0.0833. The quantitative estimate of drug-likeness (QED) is 0.789. The summed E-state index contributed by atoms with van der Waals surface area (Å²) in [5.74, 6) is 0.890. The van der Waals surface area contributed by atoms with Crippen LogP contribution >= 0.6 is 15.9 Å². The summed E-state index contributed by atoms with van der Waals surface area (Å²) in [6.07, 6.45) is 0. The van der Waals surface area contributed by atoms with Gasteiger partial charge in [0.25, 0.3) is 5.89 Å². The Balaban J connectivity index is 1.99. The first-order valence-corrected chi connectivity index (χ1v) is 6.13. The molecule has 1 N–H and O–H groups in total. The maximum atomic E-state index is 5.60. The van der Waals surface area contributed by atoms with Gasteiger partial charge in [-0.2, -0.15) is 5.10 Å². The van der Waals surface area contributed by atoms with Gasteiger partial charge in [0.2, 0.25) is 5.89 Å². The molecule has 0 aliphatic carbocycles. The molecule has 18 heavy (non-hydrogen) atoms. The molecule has 0 radical (unpaired) electrons. The van der Waals surface area contributed by atoms with Gasteiger partial charge in [-0.15, -0.1) is 10.2 Å². The minimum absolute atomic E-state index is 0.411. The zero-order valence-electron chi connectivity index (χ0n) is 9.51. The van der Waals surface area contributed by atoms with Crippen molar-refractivity contribution < 1.29 is 4.42 Å². The van der Waals surface area contributed by atoms with Crippen molar-refractivity contribution in [1.29, 1.82) is 0 Å². The second kappa shape index (κ2) is 4.38. The molecule has 0 aliphatic heterocycles. The van der Waals surface area contributed by atoms with Crippen LogP contribution < -0.4 is 0 Å². The molecule has 0 fully saturated rings. The Morgan fingerprint density at radius 3 is 2.72 bits per heavy atom. The lowest BCUT2D eigenvalue weighted by Crippen LogP contribution is -1.77. The van der Waals surface area contributed by atoms with E-state index in [4.69, 9.17) is 4.42 Å². The number of aryl methyl sites for hydroxylation is 1. The molecular weight excluding hydrogens is 296 g/mol. The summed E-state index contributed by atoms with van der Waals surface area (Å²) in [5.41, 5.74) is 2.48. The SMILES string of the molecule is Cc1cc(-c2nnc(-c3cccc(Br)c3)o2)n[nH]1. The van der Waals surface area contributed by atoms with Crippen LogP contribution in [0.25, 0.3) is 23.0 Å². The topological polar surface area (TPSA) is 67.6 Å². The Hall–Kier alpha value is -1.95. The van der Waals surface area contributed by atoms with Crippen LogP contribution in [0, 0.1) is 6.92 Å². The van der Waals surface area contributed by atoms with Crippen molar-refractivity contribution in [2.45, 2.75) is 6.92 Å². The zero-order valence-corrected chi connectivity index (χ0v) is 11.1. The minimum Gasteiger partial charge on any atom is -0.415 e. The smallest absolute Gasteiger partial charge is 0.268 e. The molecule has 0 aliphatic rings. The molecule has 5 nitrogen and oxygen atoms in total. The summed E-state index contributed by atoms with van der Waals surface area (Å²) >= 11 is 3.41. The van der Waals surface area contributed by atoms with Gasteiger partial charge in [-0.05, 0) is 31.2 Å². The number of halogens is 1. The minimum atomic E-state index is 0.411. The lowest BCUT2D eigenvalue weighted by Gasteiger charge is -1.94. The first-order chi connectivity index (χ1) is 8.72. The number of nitrogens with zero attached hydrogens (tertiary/aromatic N) is 3. The monoisotopic (exact) mass is 304 g/mol. The molecule has 0 unspecified atom stereocenters. The van der Waals surface area contributed by atoms with Gasteiger partial charge in [0.05, 0.1) is 0 Å². The van der Waals surface area contributed by atoms with Crippen LogP contribution in [-0.2, 0) is 0 Å². The van der Waals surface area contributed by atoms with E-state index in [1.807, 2.05) is 37.3 Å². The molecule has 0 bridgehead atoms. The molecule has 0 amide bonds. The highest BCUT2D eigenvalue weighted by molar-refractivity contribution is 9.10. The molecule has 1 aromatic carbocycles. The third-order valence-electron chi connectivity index (χ3n) is 2.42. The number of nitrogens with one attached hydrogen (secondary N) is 1. The van der Waals surface area contributed by atoms with Crippen molar-refractivity contribution in [2.24, 2.45) is 0 Å². The zero-order chi connectivity index (χ0) is 12.5. The van der Waals surface area contributed by atoms with E-state index in [2.05, 4.69) is 36.3 Å². The highest BCUT2D eigenvalue weighted by Gasteiger charge is 2.12. The van der Waals surface area contributed by atoms with Gasteiger partial charge >= 0.3 is 0 Å². The average molecular weight is 305 g/mol. The highest BCUT2D eigenvalue weighted by Crippen LogP contribution is 2.24. The average Bonchev–Trinajstić information content (AvgIpc) is 2.97. The number of aromatic amines is 1. The number of rotatable bonds is 2. The van der Waals surface area contributed by atoms with Crippen LogP contribution in [0.2, 0.25) is 0 Å². The van der Waals surface area contributed by atoms with Gasteiger partial charge in [0.15, 0.2) is 0 Å². The van der Waals surface area contributed by atoms with Crippen LogP contribution in [0.4, 0.5) is 0 Å². The molecule has 0 saturated heterocycles. The van der Waals surface area contributed by atoms with Gasteiger partial charge in [-0.3, -0.25) is 5.10 Å². The maximum absolute atomic E-state index is 5.60. The van der Waals surface area contributed by atoms with E-state index in [0.717, 1.165) is 15.7 Å². The Bertz CT molecular complexity index is 689. The Morgan fingerprint density at radius 2 is 2.00 bits per heavy atom. The number of hydrogen-bond donors (Lipinski definition) is 1. The molecule has 3 rings (SSSR count). The van der Waals surface area contributed by atoms with E-state index in [1.54, 1.807) is 0 Å². The lowest BCUT2D eigenvalue weighted by molar-refractivity contribution is 0.582. The number of H-pyrrole nitrogens is 1. The normalized spacial score (nSPS) is 10.8.